The fourth-order valence-electron chi connectivity index (χ4n) is 2.52. The molecule has 0 fully saturated rings. The number of carbonyl (C=O) groups excluding carboxylic acids is 2. The number of unbranched alkanes of at least 4 members (excludes halogenated alkanes) is 2. The molecular formula is C18H27N5O4S2. The van der Waals surface area contributed by atoms with Gasteiger partial charge in [0.15, 0.2) is 4.34 Å². The topological polar surface area (TPSA) is 144 Å². The van der Waals surface area contributed by atoms with Crippen LogP contribution in [0.25, 0.3) is 0 Å². The van der Waals surface area contributed by atoms with Gasteiger partial charge in [-0.15, -0.1) is 10.2 Å². The first-order valence-electron chi connectivity index (χ1n) is 9.34. The summed E-state index contributed by atoms with van der Waals surface area (Å²) >= 11 is 2.80. The Morgan fingerprint density at radius 2 is 2.07 bits per heavy atom. The molecule has 0 bridgehead atoms. The monoisotopic (exact) mass is 441 g/mol. The van der Waals surface area contributed by atoms with Crippen LogP contribution in [0.3, 0.4) is 0 Å². The number of thioether (sulfide) groups is 1. The van der Waals surface area contributed by atoms with Gasteiger partial charge in [-0.2, -0.15) is 0 Å². The zero-order valence-corrected chi connectivity index (χ0v) is 18.4. The van der Waals surface area contributed by atoms with Crippen LogP contribution in [0.4, 0.5) is 0 Å². The second-order valence-corrected chi connectivity index (χ2v) is 9.88. The van der Waals surface area contributed by atoms with E-state index in [1.807, 2.05) is 0 Å². The molecule has 2 aromatic rings. The Labute approximate surface area is 177 Å². The van der Waals surface area contributed by atoms with Gasteiger partial charge in [-0.05, 0) is 12.8 Å². The average molecular weight is 442 g/mol. The van der Waals surface area contributed by atoms with Gasteiger partial charge in [0.25, 0.3) is 0 Å². The number of nitrogens with zero attached hydrogens (tertiary/aromatic N) is 3. The van der Waals surface area contributed by atoms with Gasteiger partial charge >= 0.3 is 0 Å². The molecule has 29 heavy (non-hydrogen) atoms. The van der Waals surface area contributed by atoms with Gasteiger partial charge < -0.3 is 10.2 Å². The van der Waals surface area contributed by atoms with E-state index in [-0.39, 0.29) is 11.8 Å². The molecule has 0 aliphatic carbocycles. The van der Waals surface area contributed by atoms with Crippen LogP contribution in [0.15, 0.2) is 15.0 Å². The maximum atomic E-state index is 11.8. The number of carbonyl (C=O) groups is 2. The first kappa shape index (κ1) is 23.3. The number of hydrogen-bond acceptors (Lipinski definition) is 9. The first-order valence-corrected chi connectivity index (χ1v) is 11.1. The first-order chi connectivity index (χ1) is 13.7. The quantitative estimate of drug-likeness (QED) is 0.209. The molecule has 4 N–H and O–H groups in total. The van der Waals surface area contributed by atoms with E-state index < -0.39 is 17.7 Å². The van der Waals surface area contributed by atoms with Gasteiger partial charge in [-0.3, -0.25) is 14.8 Å². The van der Waals surface area contributed by atoms with Crippen molar-refractivity contribution in [3.05, 3.63) is 22.9 Å². The lowest BCUT2D eigenvalue weighted by Gasteiger charge is -2.12. The molecule has 0 aromatic carbocycles. The molecule has 11 heteroatoms. The Morgan fingerprint density at radius 3 is 2.69 bits per heavy atom. The normalized spacial score (nSPS) is 12.7. The van der Waals surface area contributed by atoms with E-state index >= 15 is 0 Å². The predicted molar refractivity (Wildman–Crippen MR) is 110 cm³/mol. The van der Waals surface area contributed by atoms with Crippen molar-refractivity contribution in [2.45, 2.75) is 74.3 Å². The highest BCUT2D eigenvalue weighted by Crippen LogP contribution is 2.32. The summed E-state index contributed by atoms with van der Waals surface area (Å²) in [5, 5.41) is 17.3. The van der Waals surface area contributed by atoms with Gasteiger partial charge in [0, 0.05) is 11.8 Å². The van der Waals surface area contributed by atoms with Gasteiger partial charge in [0.2, 0.25) is 17.7 Å². The molecule has 2 amide bonds. The summed E-state index contributed by atoms with van der Waals surface area (Å²) in [6, 6.07) is 0. The standard InChI is InChI=1S/C18H27N5O4S2/c1-18(2,3)12-9-20-14(27-12)10-28-17-22-21-16(29-17)11(15(19)25)7-5-4-6-8-13(24)23-26/h9,11,26H,4-8,10H2,1-3H3,(H2,19,25)(H,23,24). The van der Waals surface area contributed by atoms with Crippen molar-refractivity contribution >= 4 is 34.9 Å². The summed E-state index contributed by atoms with van der Waals surface area (Å²) in [6.45, 7) is 6.19. The van der Waals surface area contributed by atoms with Crippen LogP contribution in [0.5, 0.6) is 0 Å². The number of hydroxylamine groups is 1. The Kier molecular flexibility index (Phi) is 8.60. The van der Waals surface area contributed by atoms with Crippen LogP contribution in [-0.4, -0.2) is 32.2 Å². The van der Waals surface area contributed by atoms with Crippen LogP contribution >= 0.6 is 23.1 Å². The average Bonchev–Trinajstić information content (AvgIpc) is 3.31. The molecule has 0 aliphatic heterocycles. The Bertz CT molecular complexity index is 815. The van der Waals surface area contributed by atoms with Crippen molar-refractivity contribution < 1.29 is 19.2 Å². The largest absolute Gasteiger partial charge is 0.444 e. The summed E-state index contributed by atoms with van der Waals surface area (Å²) in [6.07, 6.45) is 4.63. The van der Waals surface area contributed by atoms with Gasteiger partial charge in [-0.1, -0.05) is 56.7 Å². The molecule has 1 unspecified atom stereocenters. The molecular weight excluding hydrogens is 414 g/mol. The van der Waals surface area contributed by atoms with Crippen LogP contribution in [0, 0.1) is 0 Å². The summed E-state index contributed by atoms with van der Waals surface area (Å²) in [4.78, 5) is 27.1. The highest BCUT2D eigenvalue weighted by molar-refractivity contribution is 8.00. The lowest BCUT2D eigenvalue weighted by Crippen LogP contribution is -2.21. The van der Waals surface area contributed by atoms with E-state index in [1.54, 1.807) is 11.7 Å². The fraction of sp³-hybridized carbons (Fsp3) is 0.611. The number of amides is 2. The summed E-state index contributed by atoms with van der Waals surface area (Å²) in [5.41, 5.74) is 7.05. The Hall–Kier alpha value is -1.98. The molecule has 0 aliphatic rings. The number of nitrogens with two attached hydrogens (primary N) is 1. The third-order valence-corrected chi connectivity index (χ3v) is 6.35. The Morgan fingerprint density at radius 1 is 1.31 bits per heavy atom. The molecule has 2 heterocycles. The van der Waals surface area contributed by atoms with E-state index in [9.17, 15) is 9.59 Å². The molecule has 0 spiro atoms. The maximum absolute atomic E-state index is 11.8. The zero-order valence-electron chi connectivity index (χ0n) is 16.8. The van der Waals surface area contributed by atoms with Gasteiger partial charge in [0.1, 0.15) is 10.8 Å². The van der Waals surface area contributed by atoms with Crippen molar-refractivity contribution in [1.29, 1.82) is 0 Å². The summed E-state index contributed by atoms with van der Waals surface area (Å²) in [7, 11) is 0. The number of aromatic nitrogens is 3. The van der Waals surface area contributed by atoms with E-state index in [2.05, 4.69) is 36.0 Å². The van der Waals surface area contributed by atoms with Crippen LogP contribution < -0.4 is 11.2 Å². The zero-order chi connectivity index (χ0) is 21.4. The van der Waals surface area contributed by atoms with Crippen molar-refractivity contribution in [1.82, 2.24) is 20.7 Å². The second kappa shape index (κ2) is 10.7. The van der Waals surface area contributed by atoms with E-state index in [1.165, 1.54) is 23.1 Å². The van der Waals surface area contributed by atoms with E-state index in [0.29, 0.717) is 29.5 Å². The molecule has 0 saturated heterocycles. The number of nitrogens with one attached hydrogen (secondary N) is 1. The number of hydrogen-bond donors (Lipinski definition) is 3. The molecule has 1 atom stereocenters. The molecule has 2 rings (SSSR count). The molecule has 160 valence electrons. The highest BCUT2D eigenvalue weighted by Gasteiger charge is 2.23. The molecule has 2 aromatic heterocycles. The van der Waals surface area contributed by atoms with Crippen molar-refractivity contribution in [2.24, 2.45) is 5.73 Å². The van der Waals surface area contributed by atoms with E-state index in [0.717, 1.165) is 22.9 Å². The van der Waals surface area contributed by atoms with Crippen LogP contribution in [-0.2, 0) is 20.8 Å². The van der Waals surface area contributed by atoms with Crippen LogP contribution in [0.1, 0.15) is 75.5 Å². The Balaban J connectivity index is 1.86. The summed E-state index contributed by atoms with van der Waals surface area (Å²) in [5.74, 6) is 0.629. The summed E-state index contributed by atoms with van der Waals surface area (Å²) < 4.78 is 6.49. The number of oxazole rings is 1. The van der Waals surface area contributed by atoms with Crippen molar-refractivity contribution in [3.63, 3.8) is 0 Å². The minimum atomic E-state index is -0.497. The SMILES string of the molecule is CC(C)(C)c1cnc(CSc2nnc(C(CCCCCC(=O)NO)C(N)=O)s2)o1. The number of rotatable bonds is 11. The third kappa shape index (κ3) is 7.41. The van der Waals surface area contributed by atoms with E-state index in [4.69, 9.17) is 15.4 Å². The minimum Gasteiger partial charge on any atom is -0.444 e. The lowest BCUT2D eigenvalue weighted by molar-refractivity contribution is -0.129. The number of primary amides is 1. The van der Waals surface area contributed by atoms with Crippen molar-refractivity contribution in [3.8, 4) is 0 Å². The second-order valence-electron chi connectivity index (χ2n) is 7.65. The highest BCUT2D eigenvalue weighted by atomic mass is 32.2. The van der Waals surface area contributed by atoms with Crippen molar-refractivity contribution in [2.75, 3.05) is 0 Å². The smallest absolute Gasteiger partial charge is 0.243 e. The molecule has 0 radical (unpaired) electrons. The molecule has 0 saturated carbocycles. The van der Waals surface area contributed by atoms with Gasteiger partial charge in [0.05, 0.1) is 17.9 Å². The maximum Gasteiger partial charge on any atom is 0.243 e. The fourth-order valence-corrected chi connectivity index (χ4v) is 4.39. The molecule has 9 nitrogen and oxygen atoms in total. The lowest BCUT2D eigenvalue weighted by atomic mass is 9.94. The minimum absolute atomic E-state index is 0.0948. The predicted octanol–water partition coefficient (Wildman–Crippen LogP) is 3.14. The van der Waals surface area contributed by atoms with Gasteiger partial charge in [-0.25, -0.2) is 10.5 Å². The third-order valence-electron chi connectivity index (χ3n) is 4.20. The van der Waals surface area contributed by atoms with Crippen LogP contribution in [0.2, 0.25) is 0 Å².